The number of nitro groups is 1. The Labute approximate surface area is 63.2 Å². The molecule has 4 heteroatoms. The summed E-state index contributed by atoms with van der Waals surface area (Å²) < 4.78 is 0. The Morgan fingerprint density at radius 1 is 1.80 bits per heavy atom. The van der Waals surface area contributed by atoms with Crippen LogP contribution in [0.15, 0.2) is 17.8 Å². The predicted octanol–water partition coefficient (Wildman–Crippen LogP) is 1.28. The maximum atomic E-state index is 10.1. The van der Waals surface area contributed by atoms with Crippen LogP contribution in [0.25, 0.3) is 0 Å². The van der Waals surface area contributed by atoms with E-state index in [9.17, 15) is 10.1 Å². The number of allylic oxidation sites excluding steroid dienone is 4. The second-order valence-corrected chi connectivity index (χ2v) is 2.32. The van der Waals surface area contributed by atoms with Crippen molar-refractivity contribution in [1.82, 2.24) is 0 Å². The number of hydrogen-bond acceptors (Lipinski definition) is 3. The number of nitrogens with zero attached hydrogens (tertiary/aromatic N) is 1. The molecular weight excluding hydrogens is 150 g/mol. The highest BCUT2D eigenvalue weighted by atomic mass is 32.1. The highest BCUT2D eigenvalue weighted by Crippen LogP contribution is 2.09. The Kier molecular flexibility index (Phi) is 1.91. The van der Waals surface area contributed by atoms with Gasteiger partial charge in [-0.05, 0) is 12.2 Å². The normalized spacial score (nSPS) is 16.8. The molecule has 0 saturated heterocycles. The molecule has 0 aromatic heterocycles. The third-order valence-corrected chi connectivity index (χ3v) is 1.36. The zero-order valence-electron chi connectivity index (χ0n) is 5.03. The van der Waals surface area contributed by atoms with Gasteiger partial charge in [0.2, 0.25) is 0 Å². The first kappa shape index (κ1) is 7.08. The van der Waals surface area contributed by atoms with E-state index in [0.717, 1.165) is 0 Å². The van der Waals surface area contributed by atoms with E-state index in [4.69, 9.17) is 12.2 Å². The lowest BCUT2D eigenvalue weighted by atomic mass is 10.1. The third kappa shape index (κ3) is 1.48. The lowest BCUT2D eigenvalue weighted by molar-refractivity contribution is -0.426. The van der Waals surface area contributed by atoms with E-state index >= 15 is 0 Å². The fourth-order valence-corrected chi connectivity index (χ4v) is 0.847. The van der Waals surface area contributed by atoms with Crippen molar-refractivity contribution in [2.45, 2.75) is 6.42 Å². The van der Waals surface area contributed by atoms with Gasteiger partial charge >= 0.3 is 0 Å². The van der Waals surface area contributed by atoms with Crippen molar-refractivity contribution in [3.63, 3.8) is 0 Å². The molecule has 0 unspecified atom stereocenters. The van der Waals surface area contributed by atoms with Crippen LogP contribution in [0, 0.1) is 16.2 Å². The van der Waals surface area contributed by atoms with E-state index in [0.29, 0.717) is 4.86 Å². The first-order valence-electron chi connectivity index (χ1n) is 2.66. The molecule has 0 amide bonds. The summed E-state index contributed by atoms with van der Waals surface area (Å²) >= 11 is 4.71. The van der Waals surface area contributed by atoms with Crippen LogP contribution in [-0.2, 0) is 0 Å². The van der Waals surface area contributed by atoms with Gasteiger partial charge in [-0.25, -0.2) is 0 Å². The molecule has 1 aliphatic carbocycles. The average Bonchev–Trinajstić information content (AvgIpc) is 1.88. The van der Waals surface area contributed by atoms with Crippen molar-refractivity contribution in [1.29, 1.82) is 0 Å². The number of hydrogen-bond donors (Lipinski definition) is 0. The van der Waals surface area contributed by atoms with Crippen LogP contribution in [0.5, 0.6) is 0 Å². The summed E-state index contributed by atoms with van der Waals surface area (Å²) in [5.74, 6) is 0. The second kappa shape index (κ2) is 2.70. The summed E-state index contributed by atoms with van der Waals surface area (Å²) in [5, 5.41) is 10.1. The van der Waals surface area contributed by atoms with E-state index in [-0.39, 0.29) is 12.1 Å². The molecule has 0 bridgehead atoms. The molecule has 1 radical (unpaired) electrons. The zero-order valence-corrected chi connectivity index (χ0v) is 5.85. The molecule has 0 aromatic carbocycles. The second-order valence-electron chi connectivity index (χ2n) is 1.83. The summed E-state index contributed by atoms with van der Waals surface area (Å²) in [6.45, 7) is 0. The van der Waals surface area contributed by atoms with Crippen molar-refractivity contribution in [3.05, 3.63) is 34.0 Å². The van der Waals surface area contributed by atoms with Crippen molar-refractivity contribution in [2.75, 3.05) is 0 Å². The van der Waals surface area contributed by atoms with Crippen molar-refractivity contribution < 1.29 is 4.92 Å². The SMILES string of the molecule is O=[N+]([O-])C1=CC=[C]C(=S)C1. The van der Waals surface area contributed by atoms with E-state index in [1.165, 1.54) is 12.2 Å². The van der Waals surface area contributed by atoms with Crippen molar-refractivity contribution in [3.8, 4) is 0 Å². The molecule has 10 heavy (non-hydrogen) atoms. The fourth-order valence-electron chi connectivity index (χ4n) is 0.631. The van der Waals surface area contributed by atoms with Crippen LogP contribution in [-0.4, -0.2) is 9.79 Å². The van der Waals surface area contributed by atoms with Crippen LogP contribution in [0.4, 0.5) is 0 Å². The zero-order chi connectivity index (χ0) is 7.56. The number of rotatable bonds is 1. The monoisotopic (exact) mass is 154 g/mol. The minimum Gasteiger partial charge on any atom is -0.259 e. The van der Waals surface area contributed by atoms with E-state index < -0.39 is 4.92 Å². The molecule has 0 atom stereocenters. The molecule has 0 fully saturated rings. The third-order valence-electron chi connectivity index (χ3n) is 1.10. The van der Waals surface area contributed by atoms with Crippen LogP contribution >= 0.6 is 12.2 Å². The van der Waals surface area contributed by atoms with Crippen LogP contribution in [0.3, 0.4) is 0 Å². The van der Waals surface area contributed by atoms with E-state index in [2.05, 4.69) is 6.08 Å². The Morgan fingerprint density at radius 2 is 2.50 bits per heavy atom. The summed E-state index contributed by atoms with van der Waals surface area (Å²) in [7, 11) is 0. The van der Waals surface area contributed by atoms with Crippen LogP contribution in [0.2, 0.25) is 0 Å². The quantitative estimate of drug-likeness (QED) is 0.324. The van der Waals surface area contributed by atoms with Gasteiger partial charge in [-0.2, -0.15) is 0 Å². The summed E-state index contributed by atoms with van der Waals surface area (Å²) in [5.41, 5.74) is 0.142. The molecule has 1 aliphatic rings. The standard InChI is InChI=1S/C6H4NO2S/c8-7(9)5-2-1-3-6(10)4-5/h1-2H,4H2. The van der Waals surface area contributed by atoms with Crippen LogP contribution < -0.4 is 0 Å². The highest BCUT2D eigenvalue weighted by molar-refractivity contribution is 7.80. The molecule has 1 rings (SSSR count). The van der Waals surface area contributed by atoms with Gasteiger partial charge in [-0.15, -0.1) is 0 Å². The van der Waals surface area contributed by atoms with Gasteiger partial charge in [-0.3, -0.25) is 10.1 Å². The van der Waals surface area contributed by atoms with Gasteiger partial charge in [0.15, 0.2) is 0 Å². The highest BCUT2D eigenvalue weighted by Gasteiger charge is 2.13. The van der Waals surface area contributed by atoms with E-state index in [1.54, 1.807) is 0 Å². The Balaban J connectivity index is 2.80. The van der Waals surface area contributed by atoms with Gasteiger partial charge < -0.3 is 0 Å². The summed E-state index contributed by atoms with van der Waals surface area (Å²) in [6.07, 6.45) is 5.82. The topological polar surface area (TPSA) is 43.1 Å². The van der Waals surface area contributed by atoms with Crippen LogP contribution in [0.1, 0.15) is 6.42 Å². The van der Waals surface area contributed by atoms with Gasteiger partial charge in [0.25, 0.3) is 5.70 Å². The Hall–Kier alpha value is -1.03. The molecule has 51 valence electrons. The minimum atomic E-state index is -0.427. The molecule has 0 spiro atoms. The predicted molar refractivity (Wildman–Crippen MR) is 40.1 cm³/mol. The number of thiocarbonyl (C=S) groups is 1. The molecule has 0 heterocycles. The van der Waals surface area contributed by atoms with Crippen molar-refractivity contribution in [2.24, 2.45) is 0 Å². The molecular formula is C6H4NO2S. The maximum absolute atomic E-state index is 10.1. The van der Waals surface area contributed by atoms with Gasteiger partial charge in [0.05, 0.1) is 11.3 Å². The first-order valence-corrected chi connectivity index (χ1v) is 3.07. The summed E-state index contributed by atoms with van der Waals surface area (Å²) in [4.78, 5) is 10.2. The van der Waals surface area contributed by atoms with Gasteiger partial charge in [-0.1, -0.05) is 12.2 Å². The largest absolute Gasteiger partial charge is 0.259 e. The molecule has 0 N–H and O–H groups in total. The van der Waals surface area contributed by atoms with Gasteiger partial charge in [0, 0.05) is 10.9 Å². The molecule has 0 aliphatic heterocycles. The molecule has 3 nitrogen and oxygen atoms in total. The minimum absolute atomic E-state index is 0.142. The lowest BCUT2D eigenvalue weighted by Crippen LogP contribution is -2.05. The van der Waals surface area contributed by atoms with E-state index in [1.807, 2.05) is 0 Å². The Morgan fingerprint density at radius 3 is 2.90 bits per heavy atom. The lowest BCUT2D eigenvalue weighted by Gasteiger charge is -1.98. The molecule has 0 saturated carbocycles. The summed E-state index contributed by atoms with van der Waals surface area (Å²) in [6, 6.07) is 0. The van der Waals surface area contributed by atoms with Gasteiger partial charge in [0.1, 0.15) is 0 Å². The fraction of sp³-hybridized carbons (Fsp3) is 0.167. The maximum Gasteiger partial charge on any atom is 0.251 e. The Bertz CT molecular complexity index is 242. The average molecular weight is 154 g/mol. The first-order chi connectivity index (χ1) is 4.70. The smallest absolute Gasteiger partial charge is 0.251 e. The van der Waals surface area contributed by atoms with Crippen molar-refractivity contribution >= 4 is 17.1 Å². The molecule has 0 aromatic rings.